The van der Waals surface area contributed by atoms with Crippen LogP contribution in [0.3, 0.4) is 0 Å². The van der Waals surface area contributed by atoms with Gasteiger partial charge in [0.25, 0.3) is 0 Å². The van der Waals surface area contributed by atoms with E-state index >= 15 is 0 Å². The van der Waals surface area contributed by atoms with Crippen LogP contribution >= 0.6 is 7.82 Å². The molecule has 0 aliphatic rings. The summed E-state index contributed by atoms with van der Waals surface area (Å²) in [4.78, 5) is 35.5. The number of phosphoric ester groups is 1. The molecule has 0 aromatic rings. The molecule has 3 atom stereocenters. The van der Waals surface area contributed by atoms with Gasteiger partial charge in [0.1, 0.15) is 18.3 Å². The van der Waals surface area contributed by atoms with Gasteiger partial charge in [-0.2, -0.15) is 0 Å². The maximum absolute atomic E-state index is 13.4. The van der Waals surface area contributed by atoms with Crippen molar-refractivity contribution in [2.75, 3.05) is 19.8 Å². The van der Waals surface area contributed by atoms with Gasteiger partial charge >= 0.3 is 25.7 Å². The summed E-state index contributed by atoms with van der Waals surface area (Å²) in [5.74, 6) is -1.85. The number of carbonyl (C=O) groups is 3. The molecular weight excluding hydrogens is 479 g/mol. The minimum Gasteiger partial charge on any atom is -0.457 e. The van der Waals surface area contributed by atoms with Crippen LogP contribution in [0.4, 0.5) is 0 Å². The molecule has 0 rings (SSSR count). The largest absolute Gasteiger partial charge is 0.475 e. The molecule has 0 radical (unpaired) electrons. The Labute approximate surface area is 208 Å². The van der Waals surface area contributed by atoms with Crippen LogP contribution < -0.4 is 0 Å². The fraction of sp³-hybridized carbons (Fsp3) is 0.625. The Kier molecular flexibility index (Phi) is 15.4. The number of esters is 3. The molecule has 0 bridgehead atoms. The average molecular weight is 519 g/mol. The minimum absolute atomic E-state index is 0.203. The highest BCUT2D eigenvalue weighted by atomic mass is 31.2. The van der Waals surface area contributed by atoms with Crippen LogP contribution in [0.1, 0.15) is 60.8 Å². The molecule has 35 heavy (non-hydrogen) atoms. The molecule has 3 unspecified atom stereocenters. The Balaban J connectivity index is 5.45. The van der Waals surface area contributed by atoms with Gasteiger partial charge < -0.3 is 14.2 Å². The second-order valence-corrected chi connectivity index (χ2v) is 9.65. The molecule has 200 valence electrons. The number of ether oxygens (including phenoxy) is 3. The van der Waals surface area contributed by atoms with Gasteiger partial charge in [0.05, 0.1) is 19.8 Å². The molecule has 0 heterocycles. The Hall–Kier alpha value is -2.26. The van der Waals surface area contributed by atoms with E-state index in [2.05, 4.69) is 19.7 Å². The molecule has 0 fully saturated rings. The van der Waals surface area contributed by atoms with Crippen molar-refractivity contribution in [1.82, 2.24) is 0 Å². The number of hydrogen-bond acceptors (Lipinski definition) is 10. The summed E-state index contributed by atoms with van der Waals surface area (Å²) in [7, 11) is -4.26. The molecule has 0 aliphatic heterocycles. The van der Waals surface area contributed by atoms with Crippen LogP contribution in [0.2, 0.25) is 0 Å². The number of phosphoric acid groups is 1. The predicted molar refractivity (Wildman–Crippen MR) is 130 cm³/mol. The van der Waals surface area contributed by atoms with Crippen molar-refractivity contribution >= 4 is 25.7 Å². The van der Waals surface area contributed by atoms with Gasteiger partial charge in [0.15, 0.2) is 0 Å². The van der Waals surface area contributed by atoms with E-state index in [9.17, 15) is 18.9 Å². The Bertz CT molecular complexity index is 715. The smallest absolute Gasteiger partial charge is 0.457 e. The van der Waals surface area contributed by atoms with E-state index in [4.69, 9.17) is 27.8 Å². The average Bonchev–Trinajstić information content (AvgIpc) is 2.81. The Morgan fingerprint density at radius 1 is 0.600 bits per heavy atom. The van der Waals surface area contributed by atoms with Crippen LogP contribution in [0.15, 0.2) is 36.5 Å². The van der Waals surface area contributed by atoms with Crippen molar-refractivity contribution in [2.45, 2.75) is 79.1 Å². The van der Waals surface area contributed by atoms with Gasteiger partial charge in [-0.05, 0) is 40.0 Å². The first-order valence-electron chi connectivity index (χ1n) is 11.4. The zero-order valence-corrected chi connectivity index (χ0v) is 22.5. The first-order chi connectivity index (χ1) is 16.3. The summed E-state index contributed by atoms with van der Waals surface area (Å²) in [5.41, 5.74) is 0.609. The second kappa shape index (κ2) is 16.4. The summed E-state index contributed by atoms with van der Waals surface area (Å²) in [5, 5.41) is 0. The van der Waals surface area contributed by atoms with Crippen LogP contribution in [0.5, 0.6) is 0 Å². The van der Waals surface area contributed by atoms with Gasteiger partial charge in [0.2, 0.25) is 0 Å². The van der Waals surface area contributed by atoms with Crippen molar-refractivity contribution in [1.29, 1.82) is 0 Å². The van der Waals surface area contributed by atoms with Crippen LogP contribution in [-0.2, 0) is 46.7 Å². The first kappa shape index (κ1) is 32.7. The van der Waals surface area contributed by atoms with E-state index in [-0.39, 0.29) is 36.5 Å². The third-order valence-electron chi connectivity index (χ3n) is 4.49. The maximum atomic E-state index is 13.4. The fourth-order valence-corrected chi connectivity index (χ4v) is 3.37. The van der Waals surface area contributed by atoms with Gasteiger partial charge in [-0.15, -0.1) is 0 Å². The molecule has 0 aromatic carbocycles. The highest BCUT2D eigenvalue weighted by molar-refractivity contribution is 7.48. The molecule has 0 aliphatic carbocycles. The topological polar surface area (TPSA) is 124 Å². The lowest BCUT2D eigenvalue weighted by atomic mass is 10.3. The molecular formula is C24H39O10P. The molecule has 10 nitrogen and oxygen atoms in total. The van der Waals surface area contributed by atoms with E-state index in [0.717, 1.165) is 0 Å². The predicted octanol–water partition coefficient (Wildman–Crippen LogP) is 4.84. The van der Waals surface area contributed by atoms with Crippen molar-refractivity contribution in [3.8, 4) is 0 Å². The zero-order chi connectivity index (χ0) is 27.2. The molecule has 0 N–H and O–H groups in total. The van der Waals surface area contributed by atoms with Crippen LogP contribution in [0, 0.1) is 0 Å². The van der Waals surface area contributed by atoms with Crippen molar-refractivity contribution in [2.24, 2.45) is 0 Å². The lowest BCUT2D eigenvalue weighted by Crippen LogP contribution is -2.27. The third kappa shape index (κ3) is 13.4. The van der Waals surface area contributed by atoms with Crippen LogP contribution in [0.25, 0.3) is 0 Å². The summed E-state index contributed by atoms with van der Waals surface area (Å²) >= 11 is 0. The number of rotatable bonds is 18. The quantitative estimate of drug-likeness (QED) is 0.108. The molecule has 0 saturated heterocycles. The SMILES string of the molecule is C=C(C)C(=O)OC(CC)COP(=O)(OCC(CC)OC(=O)C(=C)C)OCC(CC)OC(=O)C(=C)C. The molecule has 0 saturated carbocycles. The van der Waals surface area contributed by atoms with Gasteiger partial charge in [-0.25, -0.2) is 18.9 Å². The number of carbonyl (C=O) groups excluding carboxylic acids is 3. The monoisotopic (exact) mass is 518 g/mol. The normalized spacial score (nSPS) is 15.1. The molecule has 11 heteroatoms. The van der Waals surface area contributed by atoms with E-state index in [1.807, 2.05) is 0 Å². The number of hydrogen-bond donors (Lipinski definition) is 0. The highest BCUT2D eigenvalue weighted by Gasteiger charge is 2.32. The molecule has 0 spiro atoms. The van der Waals surface area contributed by atoms with Gasteiger partial charge in [-0.3, -0.25) is 13.6 Å². The molecule has 0 amide bonds. The summed E-state index contributed by atoms with van der Waals surface area (Å²) < 4.78 is 45.5. The van der Waals surface area contributed by atoms with E-state index in [1.54, 1.807) is 20.8 Å². The Morgan fingerprint density at radius 3 is 1.00 bits per heavy atom. The van der Waals surface area contributed by atoms with E-state index in [1.165, 1.54) is 20.8 Å². The lowest BCUT2D eigenvalue weighted by Gasteiger charge is -2.25. The summed E-state index contributed by atoms with van der Waals surface area (Å²) in [6, 6.07) is 0. The van der Waals surface area contributed by atoms with E-state index in [0.29, 0.717) is 19.3 Å². The van der Waals surface area contributed by atoms with E-state index < -0.39 is 44.0 Å². The summed E-state index contributed by atoms with van der Waals surface area (Å²) in [6.45, 7) is 19.4. The van der Waals surface area contributed by atoms with Gasteiger partial charge in [-0.1, -0.05) is 40.5 Å². The van der Waals surface area contributed by atoms with Crippen LogP contribution in [-0.4, -0.2) is 56.0 Å². The third-order valence-corrected chi connectivity index (χ3v) is 5.88. The second-order valence-electron chi connectivity index (χ2n) is 7.98. The fourth-order valence-electron chi connectivity index (χ4n) is 2.10. The minimum atomic E-state index is -4.26. The van der Waals surface area contributed by atoms with Crippen molar-refractivity contribution in [3.05, 3.63) is 36.5 Å². The van der Waals surface area contributed by atoms with Gasteiger partial charge in [0, 0.05) is 16.7 Å². The van der Waals surface area contributed by atoms with Crippen molar-refractivity contribution < 1.29 is 46.7 Å². The standard InChI is InChI=1S/C24H39O10P/c1-10-19(32-22(25)16(4)5)13-29-35(28,30-14-20(11-2)33-23(26)17(6)7)31-15-21(12-3)34-24(27)18(8)9/h19-21H,4,6,8,10-15H2,1-3,5,7,9H3. The maximum Gasteiger partial charge on any atom is 0.475 e. The molecule has 0 aromatic heterocycles. The Morgan fingerprint density at radius 2 is 0.829 bits per heavy atom. The zero-order valence-electron chi connectivity index (χ0n) is 21.6. The summed E-state index contributed by atoms with van der Waals surface area (Å²) in [6.07, 6.45) is -1.15. The highest BCUT2D eigenvalue weighted by Crippen LogP contribution is 2.50. The van der Waals surface area contributed by atoms with Crippen molar-refractivity contribution in [3.63, 3.8) is 0 Å². The first-order valence-corrected chi connectivity index (χ1v) is 12.9. The lowest BCUT2D eigenvalue weighted by molar-refractivity contribution is -0.146.